The third-order valence-corrected chi connectivity index (χ3v) is 4.72. The first-order valence-electron chi connectivity index (χ1n) is 8.06. The fourth-order valence-electron chi connectivity index (χ4n) is 3.73. The zero-order valence-corrected chi connectivity index (χ0v) is 13.9. The zero-order chi connectivity index (χ0) is 16.7. The number of aryl methyl sites for hydroxylation is 3. The third kappa shape index (κ3) is 2.58. The number of hydrogen-bond donors (Lipinski definition) is 2. The largest absolute Gasteiger partial charge is 0.366 e. The van der Waals surface area contributed by atoms with E-state index in [4.69, 9.17) is 5.73 Å². The maximum atomic E-state index is 12.4. The van der Waals surface area contributed by atoms with Crippen molar-refractivity contribution >= 4 is 11.7 Å². The lowest BCUT2D eigenvalue weighted by molar-refractivity contribution is 0.0978. The molecule has 1 aromatic carbocycles. The monoisotopic (exact) mass is 310 g/mol. The van der Waals surface area contributed by atoms with Gasteiger partial charge in [-0.15, -0.1) is 0 Å². The summed E-state index contributed by atoms with van der Waals surface area (Å²) in [6.45, 7) is 5.93. The Morgan fingerprint density at radius 1 is 1.04 bits per heavy atom. The summed E-state index contributed by atoms with van der Waals surface area (Å²) in [6, 6.07) is 3.65. The van der Waals surface area contributed by atoms with Crippen LogP contribution < -0.4 is 5.73 Å². The molecule has 1 amide bonds. The Morgan fingerprint density at radius 3 is 2.26 bits per heavy atom. The number of ketones is 1. The molecule has 120 valence electrons. The van der Waals surface area contributed by atoms with Crippen molar-refractivity contribution in [3.8, 4) is 11.3 Å². The summed E-state index contributed by atoms with van der Waals surface area (Å²) in [4.78, 5) is 27.3. The lowest BCUT2D eigenvalue weighted by Gasteiger charge is -2.13. The predicted molar refractivity (Wildman–Crippen MR) is 90.8 cm³/mol. The molecule has 4 heteroatoms. The van der Waals surface area contributed by atoms with Gasteiger partial charge in [-0.1, -0.05) is 0 Å². The fraction of sp³-hybridized carbons (Fsp3) is 0.368. The van der Waals surface area contributed by atoms with Crippen LogP contribution in [0.3, 0.4) is 0 Å². The number of carbonyl (C=O) groups excluding carboxylic acids is 2. The van der Waals surface area contributed by atoms with Crippen molar-refractivity contribution in [1.29, 1.82) is 0 Å². The van der Waals surface area contributed by atoms with Gasteiger partial charge in [0, 0.05) is 28.8 Å². The summed E-state index contributed by atoms with van der Waals surface area (Å²) >= 11 is 0. The average Bonchev–Trinajstić information content (AvgIpc) is 2.66. The molecule has 1 aliphatic rings. The molecule has 0 spiro atoms. The van der Waals surface area contributed by atoms with Crippen molar-refractivity contribution in [3.63, 3.8) is 0 Å². The molecular weight excluding hydrogens is 288 g/mol. The van der Waals surface area contributed by atoms with Crippen molar-refractivity contribution in [2.75, 3.05) is 0 Å². The number of benzene rings is 1. The van der Waals surface area contributed by atoms with Gasteiger partial charge < -0.3 is 10.7 Å². The van der Waals surface area contributed by atoms with Gasteiger partial charge >= 0.3 is 0 Å². The van der Waals surface area contributed by atoms with Crippen LogP contribution in [0.5, 0.6) is 0 Å². The van der Waals surface area contributed by atoms with E-state index in [0.717, 1.165) is 58.5 Å². The number of H-pyrrole nitrogens is 1. The van der Waals surface area contributed by atoms with Gasteiger partial charge in [0.2, 0.25) is 5.91 Å². The molecule has 1 aromatic heterocycles. The predicted octanol–water partition coefficient (Wildman–Crippen LogP) is 3.61. The fourth-order valence-corrected chi connectivity index (χ4v) is 3.73. The molecule has 0 bridgehead atoms. The quantitative estimate of drug-likeness (QED) is 0.831. The van der Waals surface area contributed by atoms with Crippen LogP contribution in [0.2, 0.25) is 0 Å². The molecule has 1 aliphatic carbocycles. The van der Waals surface area contributed by atoms with Crippen LogP contribution in [0.1, 0.15) is 62.4 Å². The van der Waals surface area contributed by atoms with Gasteiger partial charge in [-0.05, 0) is 68.9 Å². The van der Waals surface area contributed by atoms with Crippen LogP contribution in [-0.4, -0.2) is 16.7 Å². The molecule has 4 nitrogen and oxygen atoms in total. The van der Waals surface area contributed by atoms with E-state index < -0.39 is 5.91 Å². The minimum atomic E-state index is -0.417. The van der Waals surface area contributed by atoms with Gasteiger partial charge in [-0.25, -0.2) is 0 Å². The minimum absolute atomic E-state index is 0.238. The lowest BCUT2D eigenvalue weighted by atomic mass is 9.92. The van der Waals surface area contributed by atoms with Gasteiger partial charge in [-0.2, -0.15) is 0 Å². The molecule has 0 aliphatic heterocycles. The van der Waals surface area contributed by atoms with Crippen molar-refractivity contribution in [2.45, 2.75) is 46.5 Å². The van der Waals surface area contributed by atoms with Crippen LogP contribution in [0.15, 0.2) is 12.1 Å². The number of fused-ring (bicyclic) bond motifs is 1. The van der Waals surface area contributed by atoms with E-state index in [1.54, 1.807) is 0 Å². The highest BCUT2D eigenvalue weighted by Crippen LogP contribution is 2.36. The summed E-state index contributed by atoms with van der Waals surface area (Å²) in [7, 11) is 0. The highest BCUT2D eigenvalue weighted by atomic mass is 16.1. The minimum Gasteiger partial charge on any atom is -0.366 e. The number of carbonyl (C=O) groups is 2. The Labute approximate surface area is 136 Å². The molecule has 23 heavy (non-hydrogen) atoms. The van der Waals surface area contributed by atoms with E-state index in [0.29, 0.717) is 12.0 Å². The topological polar surface area (TPSA) is 76.0 Å². The second kappa shape index (κ2) is 5.69. The zero-order valence-electron chi connectivity index (χ0n) is 13.9. The molecule has 2 aromatic rings. The molecule has 1 heterocycles. The van der Waals surface area contributed by atoms with Gasteiger partial charge in [0.25, 0.3) is 0 Å². The molecule has 0 atom stereocenters. The van der Waals surface area contributed by atoms with Gasteiger partial charge in [0.15, 0.2) is 5.78 Å². The summed E-state index contributed by atoms with van der Waals surface area (Å²) in [5, 5.41) is 0. The van der Waals surface area contributed by atoms with Crippen LogP contribution in [0.25, 0.3) is 11.3 Å². The number of nitrogens with two attached hydrogens (primary N) is 1. The molecule has 0 unspecified atom stereocenters. The first-order valence-corrected chi connectivity index (χ1v) is 8.06. The van der Waals surface area contributed by atoms with Crippen LogP contribution in [-0.2, 0) is 6.42 Å². The van der Waals surface area contributed by atoms with E-state index >= 15 is 0 Å². The number of hydrogen-bond acceptors (Lipinski definition) is 2. The van der Waals surface area contributed by atoms with Gasteiger partial charge in [-0.3, -0.25) is 9.59 Å². The van der Waals surface area contributed by atoms with E-state index in [2.05, 4.69) is 4.98 Å². The van der Waals surface area contributed by atoms with Gasteiger partial charge in [0.05, 0.1) is 5.69 Å². The lowest BCUT2D eigenvalue weighted by Crippen LogP contribution is -2.11. The first kappa shape index (κ1) is 15.5. The molecule has 0 radical (unpaired) electrons. The Morgan fingerprint density at radius 2 is 1.65 bits per heavy atom. The Hall–Kier alpha value is -2.36. The highest BCUT2D eigenvalue weighted by Gasteiger charge is 2.25. The molecule has 0 saturated heterocycles. The SMILES string of the molecule is Cc1cc(C(N)=O)cc(C)c1-c1[nH]c(C)c2c1CCCCC2=O. The summed E-state index contributed by atoms with van der Waals surface area (Å²) < 4.78 is 0. The van der Waals surface area contributed by atoms with E-state index in [1.807, 2.05) is 32.9 Å². The second-order valence-corrected chi connectivity index (χ2v) is 6.46. The smallest absolute Gasteiger partial charge is 0.248 e. The molecule has 3 N–H and O–H groups in total. The van der Waals surface area contributed by atoms with Crippen LogP contribution in [0, 0.1) is 20.8 Å². The maximum absolute atomic E-state index is 12.4. The number of aromatic amines is 1. The number of nitrogens with one attached hydrogen (secondary N) is 1. The van der Waals surface area contributed by atoms with E-state index in [-0.39, 0.29) is 5.78 Å². The number of amides is 1. The number of Topliss-reactive ketones (excluding diaryl/α,β-unsaturated/α-hetero) is 1. The number of aromatic nitrogens is 1. The molecule has 3 rings (SSSR count). The van der Waals surface area contributed by atoms with Crippen molar-refractivity contribution < 1.29 is 9.59 Å². The summed E-state index contributed by atoms with van der Waals surface area (Å²) in [5.41, 5.74) is 13.0. The van der Waals surface area contributed by atoms with E-state index in [9.17, 15) is 9.59 Å². The van der Waals surface area contributed by atoms with Crippen molar-refractivity contribution in [2.24, 2.45) is 5.73 Å². The Kier molecular flexibility index (Phi) is 3.84. The number of primary amides is 1. The Bertz CT molecular complexity index is 792. The van der Waals surface area contributed by atoms with Gasteiger partial charge in [0.1, 0.15) is 0 Å². The standard InChI is InChI=1S/C19H22N2O2/c1-10-8-13(19(20)23)9-11(2)16(10)18-14-6-4-5-7-15(22)17(14)12(3)21-18/h8-9,21H,4-7H2,1-3H3,(H2,20,23). The van der Waals surface area contributed by atoms with Crippen molar-refractivity contribution in [1.82, 2.24) is 4.98 Å². The number of rotatable bonds is 2. The third-order valence-electron chi connectivity index (χ3n) is 4.72. The van der Waals surface area contributed by atoms with E-state index in [1.165, 1.54) is 0 Å². The molecule has 0 saturated carbocycles. The van der Waals surface area contributed by atoms with Crippen LogP contribution in [0.4, 0.5) is 0 Å². The first-order chi connectivity index (χ1) is 10.9. The average molecular weight is 310 g/mol. The summed E-state index contributed by atoms with van der Waals surface area (Å²) in [5.74, 6) is -0.180. The molecule has 0 fully saturated rings. The second-order valence-electron chi connectivity index (χ2n) is 6.46. The molecular formula is C19H22N2O2. The van der Waals surface area contributed by atoms with Crippen LogP contribution >= 0.6 is 0 Å². The Balaban J connectivity index is 2.23. The summed E-state index contributed by atoms with van der Waals surface area (Å²) in [6.07, 6.45) is 3.52. The highest BCUT2D eigenvalue weighted by molar-refractivity contribution is 6.01. The van der Waals surface area contributed by atoms with Crippen molar-refractivity contribution in [3.05, 3.63) is 45.6 Å². The maximum Gasteiger partial charge on any atom is 0.248 e. The normalized spacial score (nSPS) is 14.5.